The Hall–Kier alpha value is -1.72. The molecule has 0 aromatic carbocycles. The molecular weight excluding hydrogens is 196 g/mol. The Bertz CT molecular complexity index is 331. The van der Waals surface area contributed by atoms with Crippen LogP contribution in [-0.2, 0) is 4.79 Å². The SMILES string of the molecule is CCC1(C(C)(C=N)C=N)NC(=O)NC1=O. The second-order valence-corrected chi connectivity index (χ2v) is 3.74. The van der Waals surface area contributed by atoms with Crippen LogP contribution in [-0.4, -0.2) is 29.9 Å². The summed E-state index contributed by atoms with van der Waals surface area (Å²) in [6, 6.07) is -0.572. The van der Waals surface area contributed by atoms with Crippen LogP contribution in [0.25, 0.3) is 0 Å². The van der Waals surface area contributed by atoms with Gasteiger partial charge in [-0.05, 0) is 13.3 Å². The number of imide groups is 1. The molecule has 82 valence electrons. The molecule has 0 bridgehead atoms. The number of nitrogens with one attached hydrogen (secondary N) is 4. The molecule has 15 heavy (non-hydrogen) atoms. The number of hydrogen-bond donors (Lipinski definition) is 4. The van der Waals surface area contributed by atoms with Crippen molar-refractivity contribution in [3.8, 4) is 0 Å². The van der Waals surface area contributed by atoms with Crippen LogP contribution in [0.2, 0.25) is 0 Å². The molecule has 1 aliphatic rings. The quantitative estimate of drug-likeness (QED) is 0.395. The average molecular weight is 210 g/mol. The van der Waals surface area contributed by atoms with E-state index < -0.39 is 22.9 Å². The standard InChI is InChI=1S/C9H14N4O2/c1-3-9(8(2,4-10)5-11)6(14)12-7(15)13-9/h4-5,10-11H,3H2,1-2H3,(H2,12,13,14,15). The number of amides is 3. The Morgan fingerprint density at radius 1 is 1.40 bits per heavy atom. The Labute approximate surface area is 87.4 Å². The number of carbonyl (C=O) groups excluding carboxylic acids is 2. The summed E-state index contributed by atoms with van der Waals surface area (Å²) in [5, 5.41) is 19.2. The lowest BCUT2D eigenvalue weighted by Crippen LogP contribution is -2.60. The van der Waals surface area contributed by atoms with Crippen molar-refractivity contribution in [3.63, 3.8) is 0 Å². The van der Waals surface area contributed by atoms with Crippen molar-refractivity contribution in [2.45, 2.75) is 25.8 Å². The minimum Gasteiger partial charge on any atom is -0.322 e. The van der Waals surface area contributed by atoms with Crippen LogP contribution in [0.4, 0.5) is 4.79 Å². The molecule has 0 saturated carbocycles. The molecule has 4 N–H and O–H groups in total. The van der Waals surface area contributed by atoms with Gasteiger partial charge in [-0.2, -0.15) is 0 Å². The van der Waals surface area contributed by atoms with Gasteiger partial charge in [0.15, 0.2) is 0 Å². The van der Waals surface area contributed by atoms with Gasteiger partial charge in [0, 0.05) is 12.4 Å². The highest BCUT2D eigenvalue weighted by Crippen LogP contribution is 2.33. The summed E-state index contributed by atoms with van der Waals surface area (Å²) >= 11 is 0. The van der Waals surface area contributed by atoms with E-state index in [1.165, 1.54) is 0 Å². The van der Waals surface area contributed by atoms with E-state index in [-0.39, 0.29) is 0 Å². The first-order valence-electron chi connectivity index (χ1n) is 4.62. The number of urea groups is 1. The van der Waals surface area contributed by atoms with Gasteiger partial charge in [0.2, 0.25) is 0 Å². The van der Waals surface area contributed by atoms with Crippen molar-refractivity contribution in [2.75, 3.05) is 0 Å². The van der Waals surface area contributed by atoms with Crippen molar-refractivity contribution in [1.29, 1.82) is 10.8 Å². The Morgan fingerprint density at radius 3 is 2.20 bits per heavy atom. The lowest BCUT2D eigenvalue weighted by molar-refractivity contribution is -0.125. The van der Waals surface area contributed by atoms with E-state index in [0.29, 0.717) is 6.42 Å². The molecule has 0 spiro atoms. The fraction of sp³-hybridized carbons (Fsp3) is 0.556. The van der Waals surface area contributed by atoms with Gasteiger partial charge < -0.3 is 16.1 Å². The largest absolute Gasteiger partial charge is 0.322 e. The van der Waals surface area contributed by atoms with E-state index in [1.807, 2.05) is 0 Å². The predicted octanol–water partition coefficient (Wildman–Crippen LogP) is 0.280. The fourth-order valence-corrected chi connectivity index (χ4v) is 1.79. The third-order valence-electron chi connectivity index (χ3n) is 2.99. The molecule has 6 nitrogen and oxygen atoms in total. The minimum atomic E-state index is -1.21. The Balaban J connectivity index is 3.26. The molecule has 1 atom stereocenters. The second kappa shape index (κ2) is 3.45. The van der Waals surface area contributed by atoms with Crippen molar-refractivity contribution in [2.24, 2.45) is 5.41 Å². The smallest absolute Gasteiger partial charge is 0.322 e. The summed E-state index contributed by atoms with van der Waals surface area (Å²) < 4.78 is 0. The van der Waals surface area contributed by atoms with Crippen LogP contribution < -0.4 is 10.6 Å². The summed E-state index contributed by atoms with van der Waals surface area (Å²) in [6.07, 6.45) is 2.34. The molecule has 6 heteroatoms. The van der Waals surface area contributed by atoms with Crippen molar-refractivity contribution >= 4 is 24.4 Å². The van der Waals surface area contributed by atoms with Gasteiger partial charge in [-0.25, -0.2) is 4.79 Å². The van der Waals surface area contributed by atoms with Crippen molar-refractivity contribution in [1.82, 2.24) is 10.6 Å². The van der Waals surface area contributed by atoms with Crippen LogP contribution in [0.5, 0.6) is 0 Å². The normalized spacial score (nSPS) is 28.9. The Morgan fingerprint density at radius 2 is 1.93 bits per heavy atom. The predicted molar refractivity (Wildman–Crippen MR) is 55.4 cm³/mol. The van der Waals surface area contributed by atoms with E-state index >= 15 is 0 Å². The summed E-state index contributed by atoms with van der Waals surface area (Å²) in [5.41, 5.74) is -2.31. The number of hydrogen-bond acceptors (Lipinski definition) is 4. The molecule has 1 rings (SSSR count). The average Bonchev–Trinajstić information content (AvgIpc) is 2.53. The van der Waals surface area contributed by atoms with E-state index in [2.05, 4.69) is 10.6 Å². The molecule has 0 radical (unpaired) electrons. The fourth-order valence-electron chi connectivity index (χ4n) is 1.79. The van der Waals surface area contributed by atoms with Gasteiger partial charge in [-0.1, -0.05) is 6.92 Å². The monoisotopic (exact) mass is 210 g/mol. The first-order valence-corrected chi connectivity index (χ1v) is 4.62. The van der Waals surface area contributed by atoms with E-state index in [9.17, 15) is 9.59 Å². The summed E-state index contributed by atoms with van der Waals surface area (Å²) in [4.78, 5) is 22.8. The van der Waals surface area contributed by atoms with E-state index in [0.717, 1.165) is 12.4 Å². The molecule has 1 unspecified atom stereocenters. The molecule has 1 fully saturated rings. The van der Waals surface area contributed by atoms with Gasteiger partial charge in [0.05, 0.1) is 5.41 Å². The number of carbonyl (C=O) groups is 2. The molecule has 0 aromatic heterocycles. The van der Waals surface area contributed by atoms with Crippen LogP contribution in [0, 0.1) is 16.2 Å². The maximum Gasteiger partial charge on any atom is 0.322 e. The highest BCUT2D eigenvalue weighted by Gasteiger charge is 2.55. The van der Waals surface area contributed by atoms with Crippen LogP contribution in [0.3, 0.4) is 0 Å². The molecule has 0 aromatic rings. The van der Waals surface area contributed by atoms with Gasteiger partial charge in [-0.3, -0.25) is 10.1 Å². The molecule has 0 aliphatic carbocycles. The van der Waals surface area contributed by atoms with Crippen LogP contribution >= 0.6 is 0 Å². The zero-order chi connectivity index (χ0) is 11.7. The highest BCUT2D eigenvalue weighted by atomic mass is 16.2. The first kappa shape index (κ1) is 11.4. The van der Waals surface area contributed by atoms with Gasteiger partial charge in [-0.15, -0.1) is 0 Å². The summed E-state index contributed by atoms with van der Waals surface area (Å²) in [6.45, 7) is 3.30. The van der Waals surface area contributed by atoms with Gasteiger partial charge in [0.25, 0.3) is 5.91 Å². The maximum atomic E-state index is 11.7. The zero-order valence-corrected chi connectivity index (χ0v) is 8.68. The second-order valence-electron chi connectivity index (χ2n) is 3.74. The van der Waals surface area contributed by atoms with Gasteiger partial charge >= 0.3 is 6.03 Å². The maximum absolute atomic E-state index is 11.7. The van der Waals surface area contributed by atoms with Crippen LogP contribution in [0.1, 0.15) is 20.3 Å². The summed E-state index contributed by atoms with van der Waals surface area (Å²) in [7, 11) is 0. The third kappa shape index (κ3) is 1.33. The van der Waals surface area contributed by atoms with Crippen molar-refractivity contribution in [3.05, 3.63) is 0 Å². The first-order chi connectivity index (χ1) is 6.95. The Kier molecular flexibility index (Phi) is 2.61. The van der Waals surface area contributed by atoms with E-state index in [4.69, 9.17) is 10.8 Å². The lowest BCUT2D eigenvalue weighted by atomic mass is 9.70. The van der Waals surface area contributed by atoms with E-state index in [1.54, 1.807) is 13.8 Å². The molecule has 1 saturated heterocycles. The molecule has 1 aliphatic heterocycles. The lowest BCUT2D eigenvalue weighted by Gasteiger charge is -2.37. The highest BCUT2D eigenvalue weighted by molar-refractivity contribution is 6.12. The van der Waals surface area contributed by atoms with Crippen LogP contribution in [0.15, 0.2) is 0 Å². The molecular formula is C9H14N4O2. The topological polar surface area (TPSA) is 106 Å². The third-order valence-corrected chi connectivity index (χ3v) is 2.99. The summed E-state index contributed by atoms with van der Waals surface area (Å²) in [5.74, 6) is -0.482. The minimum absolute atomic E-state index is 0.325. The van der Waals surface area contributed by atoms with Crippen molar-refractivity contribution < 1.29 is 9.59 Å². The molecule has 3 amide bonds. The number of rotatable bonds is 4. The molecule has 1 heterocycles. The van der Waals surface area contributed by atoms with Gasteiger partial charge in [0.1, 0.15) is 5.54 Å². The zero-order valence-electron chi connectivity index (χ0n) is 8.68.